The van der Waals surface area contributed by atoms with Gasteiger partial charge < -0.3 is 19.3 Å². The summed E-state index contributed by atoms with van der Waals surface area (Å²) < 4.78 is 66.9. The van der Waals surface area contributed by atoms with E-state index in [1.165, 1.54) is 0 Å². The summed E-state index contributed by atoms with van der Waals surface area (Å²) in [4.78, 5) is -1.96. The Balaban J connectivity index is 0.00000338. The van der Waals surface area contributed by atoms with E-state index < -0.39 is 47.9 Å². The quantitative estimate of drug-likeness (QED) is 0.335. The second-order valence-electron chi connectivity index (χ2n) is 4.91. The predicted molar refractivity (Wildman–Crippen MR) is 85.0 cm³/mol. The van der Waals surface area contributed by atoms with Crippen LogP contribution < -0.4 is 59.1 Å². The molecule has 136 valence electrons. The first kappa shape index (κ1) is 27.4. The van der Waals surface area contributed by atoms with Gasteiger partial charge in [0.1, 0.15) is 31.7 Å². The second kappa shape index (κ2) is 9.96. The zero-order valence-electron chi connectivity index (χ0n) is 13.9. The molecule has 0 spiro atoms. The van der Waals surface area contributed by atoms with Crippen molar-refractivity contribution >= 4 is 43.4 Å². The zero-order chi connectivity index (χ0) is 19.2. The van der Waals surface area contributed by atoms with E-state index in [2.05, 4.69) is 0 Å². The van der Waals surface area contributed by atoms with Gasteiger partial charge in [0, 0.05) is 27.6 Å². The number of rotatable bonds is 4. The van der Waals surface area contributed by atoms with Gasteiger partial charge in [-0.3, -0.25) is 0 Å². The predicted octanol–water partition coefficient (Wildman–Crippen LogP) is -4.19. The molecule has 0 bridgehead atoms. The summed E-state index contributed by atoms with van der Waals surface area (Å²) in [6.07, 6.45) is -0.455. The Morgan fingerprint density at radius 3 is 1.30 bits per heavy atom. The molecule has 0 aliphatic heterocycles. The molecular weight excluding hydrogens is 465 g/mol. The molecule has 0 saturated heterocycles. The molecule has 27 heavy (non-hydrogen) atoms. The van der Waals surface area contributed by atoms with Crippen LogP contribution in [0.1, 0.15) is 11.1 Å². The third-order valence-electron chi connectivity index (χ3n) is 3.16. The van der Waals surface area contributed by atoms with E-state index in [9.17, 15) is 36.2 Å². The van der Waals surface area contributed by atoms with E-state index in [4.69, 9.17) is 23.2 Å². The van der Waals surface area contributed by atoms with E-state index in [0.717, 1.165) is 24.3 Å². The number of benzene rings is 2. The molecule has 2 rings (SSSR count). The molecule has 0 aliphatic carbocycles. The normalized spacial score (nSPS) is 11.4. The average molecular weight is 473 g/mol. The van der Waals surface area contributed by atoms with E-state index in [0.29, 0.717) is 0 Å². The Labute approximate surface area is 209 Å². The Hall–Kier alpha value is 0.440. The molecule has 2 N–H and O–H groups in total. The first-order valence-corrected chi connectivity index (χ1v) is 9.82. The number of halogens is 2. The minimum atomic E-state index is -5.04. The Kier molecular flexibility index (Phi) is 10.1. The van der Waals surface area contributed by atoms with Crippen LogP contribution >= 0.6 is 23.2 Å². The number of phenols is 2. The largest absolute Gasteiger partial charge is 1.00 e. The van der Waals surface area contributed by atoms with Crippen LogP contribution in [0.3, 0.4) is 0 Å². The van der Waals surface area contributed by atoms with Gasteiger partial charge in [-0.1, -0.05) is 23.2 Å². The first-order valence-electron chi connectivity index (χ1n) is 6.25. The maximum atomic E-state index is 11.2. The molecule has 0 saturated carbocycles. The molecule has 0 fully saturated rings. The molecule has 0 aromatic heterocycles. The fourth-order valence-corrected chi connectivity index (χ4v) is 4.00. The van der Waals surface area contributed by atoms with Crippen molar-refractivity contribution < 1.29 is 95.3 Å². The van der Waals surface area contributed by atoms with Crippen molar-refractivity contribution in [1.82, 2.24) is 0 Å². The second-order valence-corrected chi connectivity index (χ2v) is 8.48. The third kappa shape index (κ3) is 6.73. The van der Waals surface area contributed by atoms with Gasteiger partial charge in [-0.15, -0.1) is 0 Å². The maximum Gasteiger partial charge on any atom is 1.00 e. The fraction of sp³-hybridized carbons (Fsp3) is 0.0769. The Bertz CT molecular complexity index is 987. The molecule has 14 heteroatoms. The van der Waals surface area contributed by atoms with Gasteiger partial charge in [0.2, 0.25) is 0 Å². The van der Waals surface area contributed by atoms with Crippen molar-refractivity contribution in [3.8, 4) is 11.5 Å². The van der Waals surface area contributed by atoms with Crippen molar-refractivity contribution in [2.45, 2.75) is 16.2 Å². The van der Waals surface area contributed by atoms with Gasteiger partial charge >= 0.3 is 59.1 Å². The molecule has 0 unspecified atom stereocenters. The summed E-state index contributed by atoms with van der Waals surface area (Å²) in [5.41, 5.74) is -0.400. The number of hydrogen-bond acceptors (Lipinski definition) is 8. The van der Waals surface area contributed by atoms with E-state index in [1.54, 1.807) is 0 Å². The summed E-state index contributed by atoms with van der Waals surface area (Å²) in [6.45, 7) is 0. The molecule has 2 aromatic rings. The molecule has 0 amide bonds. The Morgan fingerprint density at radius 2 is 1.04 bits per heavy atom. The standard InChI is InChI=1S/C13H10Cl2O8S2.2Na/c14-8-2-6(12(16)10(4-8)24(18,19)20)1-7-3-9(15)5-11(13(7)17)25(21,22)23;;/h2-5,16-17H,1H2,(H,18,19,20)(H,21,22,23);;/q;2*+1/p-2. The molecule has 0 atom stereocenters. The van der Waals surface area contributed by atoms with E-state index in [-0.39, 0.29) is 80.3 Å². The van der Waals surface area contributed by atoms with Gasteiger partial charge in [-0.2, -0.15) is 0 Å². The van der Waals surface area contributed by atoms with Gasteiger partial charge in [0.15, 0.2) is 0 Å². The van der Waals surface area contributed by atoms with Crippen molar-refractivity contribution in [3.05, 3.63) is 45.4 Å². The maximum absolute atomic E-state index is 11.2. The molecule has 0 radical (unpaired) electrons. The fourth-order valence-electron chi connectivity index (χ4n) is 2.11. The third-order valence-corrected chi connectivity index (χ3v) is 5.29. The van der Waals surface area contributed by atoms with E-state index >= 15 is 0 Å². The van der Waals surface area contributed by atoms with Gasteiger partial charge in [0.25, 0.3) is 0 Å². The minimum absolute atomic E-state index is 0. The molecular formula is C13H8Cl2Na2O8S2. The van der Waals surface area contributed by atoms with Crippen LogP contribution in [0.4, 0.5) is 0 Å². The molecule has 2 aromatic carbocycles. The molecule has 8 nitrogen and oxygen atoms in total. The van der Waals surface area contributed by atoms with Crippen molar-refractivity contribution in [1.29, 1.82) is 0 Å². The van der Waals surface area contributed by atoms with Gasteiger partial charge in [-0.25, -0.2) is 16.8 Å². The van der Waals surface area contributed by atoms with Crippen LogP contribution in [0.25, 0.3) is 0 Å². The van der Waals surface area contributed by atoms with Crippen molar-refractivity contribution in [2.75, 3.05) is 0 Å². The van der Waals surface area contributed by atoms with E-state index in [1.807, 2.05) is 0 Å². The van der Waals surface area contributed by atoms with Crippen LogP contribution in [0.15, 0.2) is 34.1 Å². The summed E-state index contributed by atoms with van der Waals surface area (Å²) in [6, 6.07) is 3.71. The Morgan fingerprint density at radius 1 is 0.741 bits per heavy atom. The molecule has 0 heterocycles. The average Bonchev–Trinajstić information content (AvgIpc) is 2.43. The number of hydrogen-bond donors (Lipinski definition) is 2. The van der Waals surface area contributed by atoms with Crippen LogP contribution in [0.5, 0.6) is 11.5 Å². The monoisotopic (exact) mass is 472 g/mol. The summed E-state index contributed by atoms with van der Waals surface area (Å²) in [5.74, 6) is -1.82. The summed E-state index contributed by atoms with van der Waals surface area (Å²) in [5, 5.41) is 19.5. The first-order chi connectivity index (χ1) is 11.3. The summed E-state index contributed by atoms with van der Waals surface area (Å²) >= 11 is 11.4. The molecule has 0 aliphatic rings. The minimum Gasteiger partial charge on any atom is -0.744 e. The zero-order valence-corrected chi connectivity index (χ0v) is 21.1. The van der Waals surface area contributed by atoms with Crippen LogP contribution in [0.2, 0.25) is 10.0 Å². The van der Waals surface area contributed by atoms with Gasteiger partial charge in [-0.05, 0) is 24.3 Å². The van der Waals surface area contributed by atoms with Crippen LogP contribution in [-0.4, -0.2) is 36.2 Å². The van der Waals surface area contributed by atoms with Crippen LogP contribution in [0, 0.1) is 0 Å². The number of aromatic hydroxyl groups is 2. The topological polar surface area (TPSA) is 155 Å². The van der Waals surface area contributed by atoms with Crippen molar-refractivity contribution in [3.63, 3.8) is 0 Å². The van der Waals surface area contributed by atoms with Crippen LogP contribution in [-0.2, 0) is 26.7 Å². The SMILES string of the molecule is O=S(=O)([O-])c1cc(Cl)cc(Cc2cc(Cl)cc(S(=O)(=O)[O-])c2O)c1O.[Na+].[Na+]. The van der Waals surface area contributed by atoms with Gasteiger partial charge in [0.05, 0.1) is 9.79 Å². The van der Waals surface area contributed by atoms with Crippen molar-refractivity contribution in [2.24, 2.45) is 0 Å². The summed E-state index contributed by atoms with van der Waals surface area (Å²) in [7, 11) is -10.1. The smallest absolute Gasteiger partial charge is 0.744 e. The number of phenolic OH excluding ortho intramolecular Hbond substituents is 2.